The molecular weight excluding hydrogens is 324 g/mol. The fourth-order valence-corrected chi connectivity index (χ4v) is 3.89. The first-order valence-corrected chi connectivity index (χ1v) is 8.34. The fraction of sp³-hybridized carbons (Fsp3) is 0.526. The summed E-state index contributed by atoms with van der Waals surface area (Å²) in [4.78, 5) is 34.9. The lowest BCUT2D eigenvalue weighted by molar-refractivity contribution is -0.170. The third-order valence-electron chi connectivity index (χ3n) is 5.52. The largest absolute Gasteiger partial charge is 0.458 e. The fourth-order valence-electron chi connectivity index (χ4n) is 3.89. The summed E-state index contributed by atoms with van der Waals surface area (Å²) in [6.45, 7) is 8.47. The van der Waals surface area contributed by atoms with Gasteiger partial charge in [-0.15, -0.1) is 0 Å². The number of hydrogen-bond donors (Lipinski definition) is 0. The number of esters is 3. The lowest BCUT2D eigenvalue weighted by Gasteiger charge is -2.48. The maximum absolute atomic E-state index is 11.9. The molecule has 0 N–H and O–H groups in total. The Kier molecular flexibility index (Phi) is 4.09. The van der Waals surface area contributed by atoms with E-state index in [0.717, 1.165) is 11.1 Å². The summed E-state index contributed by atoms with van der Waals surface area (Å²) in [5, 5.41) is 0. The quantitative estimate of drug-likeness (QED) is 0.565. The average Bonchev–Trinajstić information content (AvgIpc) is 2.77. The normalized spacial score (nSPS) is 33.6. The molecule has 0 aromatic rings. The number of fused-ring (bicyclic) bond motifs is 2. The van der Waals surface area contributed by atoms with Crippen molar-refractivity contribution in [2.45, 2.75) is 53.2 Å². The number of carbonyl (C=O) groups is 3. The number of allylic oxidation sites excluding steroid dienone is 3. The second-order valence-corrected chi connectivity index (χ2v) is 7.15. The van der Waals surface area contributed by atoms with Crippen LogP contribution in [0.15, 0.2) is 34.6 Å². The van der Waals surface area contributed by atoms with Crippen LogP contribution in [0.5, 0.6) is 0 Å². The first-order valence-electron chi connectivity index (χ1n) is 8.34. The molecule has 0 aromatic heterocycles. The highest BCUT2D eigenvalue weighted by molar-refractivity contribution is 5.94. The maximum atomic E-state index is 11.9. The number of rotatable bonds is 2. The van der Waals surface area contributed by atoms with Gasteiger partial charge in [-0.1, -0.05) is 13.8 Å². The zero-order valence-corrected chi connectivity index (χ0v) is 15.0. The van der Waals surface area contributed by atoms with Gasteiger partial charge in [0.2, 0.25) is 0 Å². The van der Waals surface area contributed by atoms with E-state index in [1.807, 2.05) is 13.0 Å². The van der Waals surface area contributed by atoms with Gasteiger partial charge in [-0.2, -0.15) is 0 Å². The molecular formula is C19H22O6. The third kappa shape index (κ3) is 2.79. The van der Waals surface area contributed by atoms with Crippen molar-refractivity contribution in [2.24, 2.45) is 11.3 Å². The summed E-state index contributed by atoms with van der Waals surface area (Å²) in [6.07, 6.45) is 3.00. The molecule has 6 nitrogen and oxygen atoms in total. The third-order valence-corrected chi connectivity index (χ3v) is 5.52. The summed E-state index contributed by atoms with van der Waals surface area (Å²) in [5.41, 5.74) is 2.08. The van der Waals surface area contributed by atoms with Crippen molar-refractivity contribution in [3.05, 3.63) is 34.6 Å². The van der Waals surface area contributed by atoms with E-state index in [4.69, 9.17) is 14.2 Å². The van der Waals surface area contributed by atoms with Gasteiger partial charge in [-0.25, -0.2) is 4.79 Å². The molecule has 2 aliphatic carbocycles. The van der Waals surface area contributed by atoms with E-state index in [9.17, 15) is 14.4 Å². The van der Waals surface area contributed by atoms with E-state index >= 15 is 0 Å². The van der Waals surface area contributed by atoms with E-state index in [-0.39, 0.29) is 17.3 Å². The predicted molar refractivity (Wildman–Crippen MR) is 88.0 cm³/mol. The topological polar surface area (TPSA) is 78.9 Å². The van der Waals surface area contributed by atoms with Gasteiger partial charge in [0.25, 0.3) is 0 Å². The standard InChI is InChI=1S/C19H22O6/c1-9-14-8-19(5)10(2)17(24-12(4)21)16(23-11(3)20)7-13(19)6-15(14)25-18(9)22/h6-7,10,16-17H,8H2,1-5H3/t10-,16-,17+,19+/m0/s1. The summed E-state index contributed by atoms with van der Waals surface area (Å²) in [6, 6.07) is 0. The second kappa shape index (κ2) is 5.86. The Morgan fingerprint density at radius 3 is 2.48 bits per heavy atom. The van der Waals surface area contributed by atoms with Crippen LogP contribution in [0.2, 0.25) is 0 Å². The van der Waals surface area contributed by atoms with E-state index in [1.54, 1.807) is 13.0 Å². The molecule has 0 amide bonds. The van der Waals surface area contributed by atoms with Crippen molar-refractivity contribution >= 4 is 17.9 Å². The smallest absolute Gasteiger partial charge is 0.339 e. The first-order chi connectivity index (χ1) is 11.6. The molecule has 0 saturated heterocycles. The van der Waals surface area contributed by atoms with Gasteiger partial charge in [0, 0.05) is 36.3 Å². The molecule has 0 fully saturated rings. The average molecular weight is 346 g/mol. The molecule has 0 unspecified atom stereocenters. The lowest BCUT2D eigenvalue weighted by Crippen LogP contribution is -2.49. The van der Waals surface area contributed by atoms with Gasteiger partial charge in [-0.3, -0.25) is 9.59 Å². The van der Waals surface area contributed by atoms with E-state index < -0.39 is 24.1 Å². The second-order valence-electron chi connectivity index (χ2n) is 7.15. The predicted octanol–water partition coefficient (Wildman–Crippen LogP) is 2.59. The summed E-state index contributed by atoms with van der Waals surface area (Å²) >= 11 is 0. The molecule has 25 heavy (non-hydrogen) atoms. The Hall–Kier alpha value is -2.37. The van der Waals surface area contributed by atoms with Crippen LogP contribution in [-0.2, 0) is 28.6 Å². The minimum absolute atomic E-state index is 0.116. The Morgan fingerprint density at radius 1 is 1.24 bits per heavy atom. The molecule has 1 heterocycles. The molecule has 1 aliphatic heterocycles. The molecule has 6 heteroatoms. The van der Waals surface area contributed by atoms with Crippen molar-refractivity contribution in [2.75, 3.05) is 0 Å². The van der Waals surface area contributed by atoms with Crippen LogP contribution < -0.4 is 0 Å². The van der Waals surface area contributed by atoms with Crippen molar-refractivity contribution < 1.29 is 28.6 Å². The maximum Gasteiger partial charge on any atom is 0.339 e. The highest BCUT2D eigenvalue weighted by Gasteiger charge is 2.51. The molecule has 134 valence electrons. The van der Waals surface area contributed by atoms with Crippen LogP contribution in [0.25, 0.3) is 0 Å². The highest BCUT2D eigenvalue weighted by Crippen LogP contribution is 2.54. The van der Waals surface area contributed by atoms with Gasteiger partial charge in [-0.05, 0) is 31.1 Å². The molecule has 0 bridgehead atoms. The van der Waals surface area contributed by atoms with Crippen LogP contribution >= 0.6 is 0 Å². The minimum Gasteiger partial charge on any atom is -0.458 e. The van der Waals surface area contributed by atoms with Crippen molar-refractivity contribution in [3.8, 4) is 0 Å². The zero-order valence-electron chi connectivity index (χ0n) is 15.0. The Balaban J connectivity index is 2.08. The van der Waals surface area contributed by atoms with Gasteiger partial charge in [0.05, 0.1) is 0 Å². The van der Waals surface area contributed by atoms with Gasteiger partial charge >= 0.3 is 17.9 Å². The van der Waals surface area contributed by atoms with Crippen molar-refractivity contribution in [3.63, 3.8) is 0 Å². The molecule has 0 aromatic carbocycles. The van der Waals surface area contributed by atoms with Gasteiger partial charge in [0.15, 0.2) is 6.10 Å². The summed E-state index contributed by atoms with van der Waals surface area (Å²) in [5.74, 6) is -0.747. The summed E-state index contributed by atoms with van der Waals surface area (Å²) < 4.78 is 16.2. The summed E-state index contributed by atoms with van der Waals surface area (Å²) in [7, 11) is 0. The lowest BCUT2D eigenvalue weighted by atomic mass is 9.60. The Labute approximate surface area is 146 Å². The molecule has 0 radical (unpaired) electrons. The molecule has 4 atom stereocenters. The molecule has 0 spiro atoms. The first kappa shape index (κ1) is 17.5. The van der Waals surface area contributed by atoms with Gasteiger partial charge < -0.3 is 14.2 Å². The number of hydrogen-bond acceptors (Lipinski definition) is 6. The van der Waals surface area contributed by atoms with Crippen LogP contribution in [0.3, 0.4) is 0 Å². The SMILES string of the molecule is CC(=O)O[C@H]1[C@@H](OC(C)=O)C=C2C=C3OC(=O)C(C)=C3C[C@]2(C)[C@H]1C. The molecule has 0 saturated carbocycles. The Bertz CT molecular complexity index is 756. The van der Waals surface area contributed by atoms with E-state index in [0.29, 0.717) is 17.8 Å². The van der Waals surface area contributed by atoms with Crippen LogP contribution in [0.1, 0.15) is 41.0 Å². The zero-order chi connectivity index (χ0) is 18.5. The highest BCUT2D eigenvalue weighted by atomic mass is 16.6. The molecule has 3 aliphatic rings. The van der Waals surface area contributed by atoms with Crippen LogP contribution in [-0.4, -0.2) is 30.1 Å². The van der Waals surface area contributed by atoms with Crippen molar-refractivity contribution in [1.29, 1.82) is 0 Å². The number of ether oxygens (including phenoxy) is 3. The Morgan fingerprint density at radius 2 is 1.88 bits per heavy atom. The van der Waals surface area contributed by atoms with Crippen molar-refractivity contribution in [1.82, 2.24) is 0 Å². The number of carbonyl (C=O) groups excluding carboxylic acids is 3. The monoisotopic (exact) mass is 346 g/mol. The van der Waals surface area contributed by atoms with E-state index in [1.165, 1.54) is 13.8 Å². The van der Waals surface area contributed by atoms with Gasteiger partial charge in [0.1, 0.15) is 11.9 Å². The van der Waals surface area contributed by atoms with Crippen LogP contribution in [0.4, 0.5) is 0 Å². The molecule has 3 rings (SSSR count). The van der Waals surface area contributed by atoms with E-state index in [2.05, 4.69) is 6.92 Å². The minimum atomic E-state index is -0.667. The van der Waals surface area contributed by atoms with Crippen LogP contribution in [0, 0.1) is 11.3 Å².